The lowest BCUT2D eigenvalue weighted by atomic mass is 10.2. The molecule has 2 aromatic heterocycles. The molecule has 0 aliphatic carbocycles. The first-order valence-electron chi connectivity index (χ1n) is 8.86. The standard InChI is InChI=1S/C19H21N7O2/c1-4-20-18(27)14-5-7-16(8-6-14)26-13(3)17(24-25-26)19(28)23-11-15-10-21-12(2)9-22-15/h5-10H,4,11H2,1-3H3,(H,20,27)(H,23,28). The van der Waals surface area contributed by atoms with Gasteiger partial charge in [0.1, 0.15) is 0 Å². The molecule has 144 valence electrons. The van der Waals surface area contributed by atoms with E-state index in [1.165, 1.54) is 0 Å². The second-order valence-corrected chi connectivity index (χ2v) is 6.17. The van der Waals surface area contributed by atoms with Crippen LogP contribution in [0.3, 0.4) is 0 Å². The molecule has 0 radical (unpaired) electrons. The molecule has 28 heavy (non-hydrogen) atoms. The van der Waals surface area contributed by atoms with Crippen molar-refractivity contribution in [2.75, 3.05) is 6.54 Å². The van der Waals surface area contributed by atoms with Gasteiger partial charge in [0.25, 0.3) is 11.8 Å². The summed E-state index contributed by atoms with van der Waals surface area (Å²) >= 11 is 0. The van der Waals surface area contributed by atoms with E-state index < -0.39 is 0 Å². The second-order valence-electron chi connectivity index (χ2n) is 6.17. The van der Waals surface area contributed by atoms with Crippen LogP contribution in [-0.2, 0) is 6.54 Å². The molecule has 2 N–H and O–H groups in total. The molecule has 0 atom stereocenters. The van der Waals surface area contributed by atoms with Gasteiger partial charge < -0.3 is 10.6 Å². The summed E-state index contributed by atoms with van der Waals surface area (Å²) in [5.74, 6) is -0.478. The maximum absolute atomic E-state index is 12.4. The van der Waals surface area contributed by atoms with E-state index in [9.17, 15) is 9.59 Å². The van der Waals surface area contributed by atoms with Gasteiger partial charge in [0.15, 0.2) is 5.69 Å². The fourth-order valence-electron chi connectivity index (χ4n) is 2.57. The Hall–Kier alpha value is -3.62. The molecule has 0 saturated carbocycles. The molecule has 9 nitrogen and oxygen atoms in total. The topological polar surface area (TPSA) is 115 Å². The highest BCUT2D eigenvalue weighted by molar-refractivity contribution is 5.94. The van der Waals surface area contributed by atoms with Gasteiger partial charge in [0, 0.05) is 18.3 Å². The Morgan fingerprint density at radius 3 is 2.39 bits per heavy atom. The quantitative estimate of drug-likeness (QED) is 0.668. The summed E-state index contributed by atoms with van der Waals surface area (Å²) in [4.78, 5) is 32.6. The van der Waals surface area contributed by atoms with Crippen molar-refractivity contribution >= 4 is 11.8 Å². The Balaban J connectivity index is 1.71. The molecule has 0 unspecified atom stereocenters. The predicted octanol–water partition coefficient (Wildman–Crippen LogP) is 1.35. The number of rotatable bonds is 6. The molecule has 0 spiro atoms. The Labute approximate surface area is 162 Å². The molecule has 3 rings (SSSR count). The third-order valence-corrected chi connectivity index (χ3v) is 4.09. The number of nitrogens with zero attached hydrogens (tertiary/aromatic N) is 5. The molecule has 0 aliphatic rings. The Morgan fingerprint density at radius 2 is 1.75 bits per heavy atom. The first kappa shape index (κ1) is 19.2. The molecule has 1 aromatic carbocycles. The summed E-state index contributed by atoms with van der Waals surface area (Å²) in [7, 11) is 0. The van der Waals surface area contributed by atoms with Crippen molar-refractivity contribution in [3.05, 3.63) is 65.0 Å². The van der Waals surface area contributed by atoms with Gasteiger partial charge in [-0.1, -0.05) is 5.21 Å². The highest BCUT2D eigenvalue weighted by Gasteiger charge is 2.17. The summed E-state index contributed by atoms with van der Waals surface area (Å²) in [6, 6.07) is 6.93. The molecule has 0 aliphatic heterocycles. The van der Waals surface area contributed by atoms with Gasteiger partial charge >= 0.3 is 0 Å². The van der Waals surface area contributed by atoms with E-state index in [1.54, 1.807) is 48.3 Å². The SMILES string of the molecule is CCNC(=O)c1ccc(-n2nnc(C(=O)NCc3cnc(C)cn3)c2C)cc1. The lowest BCUT2D eigenvalue weighted by molar-refractivity contribution is 0.0940. The van der Waals surface area contributed by atoms with Gasteiger partial charge in [-0.3, -0.25) is 19.6 Å². The zero-order valence-corrected chi connectivity index (χ0v) is 15.9. The zero-order chi connectivity index (χ0) is 20.1. The smallest absolute Gasteiger partial charge is 0.274 e. The van der Waals surface area contributed by atoms with Crippen LogP contribution in [0.5, 0.6) is 0 Å². The van der Waals surface area contributed by atoms with Gasteiger partial charge in [-0.25, -0.2) is 4.68 Å². The largest absolute Gasteiger partial charge is 0.352 e. The third kappa shape index (κ3) is 4.20. The van der Waals surface area contributed by atoms with Crippen molar-refractivity contribution < 1.29 is 9.59 Å². The zero-order valence-electron chi connectivity index (χ0n) is 15.9. The van der Waals surface area contributed by atoms with E-state index in [1.807, 2.05) is 13.8 Å². The first-order chi connectivity index (χ1) is 13.5. The summed E-state index contributed by atoms with van der Waals surface area (Å²) in [5.41, 5.74) is 3.56. The Morgan fingerprint density at radius 1 is 1.00 bits per heavy atom. The molecular formula is C19H21N7O2. The van der Waals surface area contributed by atoms with Crippen LogP contribution in [0.4, 0.5) is 0 Å². The van der Waals surface area contributed by atoms with Crippen LogP contribution in [0.2, 0.25) is 0 Å². The van der Waals surface area contributed by atoms with Crippen LogP contribution in [0.15, 0.2) is 36.7 Å². The predicted molar refractivity (Wildman–Crippen MR) is 102 cm³/mol. The number of carbonyl (C=O) groups excluding carboxylic acids is 2. The van der Waals surface area contributed by atoms with E-state index in [0.29, 0.717) is 29.2 Å². The minimum atomic E-state index is -0.343. The molecule has 2 amide bonds. The Bertz CT molecular complexity index is 979. The fourth-order valence-corrected chi connectivity index (χ4v) is 2.57. The number of aryl methyl sites for hydroxylation is 1. The van der Waals surface area contributed by atoms with Crippen LogP contribution in [0, 0.1) is 13.8 Å². The van der Waals surface area contributed by atoms with Crippen molar-refractivity contribution in [1.82, 2.24) is 35.6 Å². The normalized spacial score (nSPS) is 10.5. The highest BCUT2D eigenvalue weighted by Crippen LogP contribution is 2.13. The van der Waals surface area contributed by atoms with Crippen LogP contribution in [-0.4, -0.2) is 43.3 Å². The van der Waals surface area contributed by atoms with E-state index in [-0.39, 0.29) is 24.1 Å². The van der Waals surface area contributed by atoms with E-state index >= 15 is 0 Å². The van der Waals surface area contributed by atoms with Crippen LogP contribution < -0.4 is 10.6 Å². The number of nitrogens with one attached hydrogen (secondary N) is 2. The molecule has 0 bridgehead atoms. The van der Waals surface area contributed by atoms with E-state index in [0.717, 1.165) is 5.69 Å². The average molecular weight is 379 g/mol. The van der Waals surface area contributed by atoms with Gasteiger partial charge in [0.05, 0.1) is 35.5 Å². The lowest BCUT2D eigenvalue weighted by Crippen LogP contribution is -2.24. The fraction of sp³-hybridized carbons (Fsp3) is 0.263. The number of hydrogen-bond donors (Lipinski definition) is 2. The summed E-state index contributed by atoms with van der Waals surface area (Å²) in [5, 5.41) is 13.6. The van der Waals surface area contributed by atoms with E-state index in [4.69, 9.17) is 0 Å². The average Bonchev–Trinajstić information content (AvgIpc) is 3.09. The molecule has 0 saturated heterocycles. The molecule has 3 aromatic rings. The minimum absolute atomic E-state index is 0.136. The second kappa shape index (κ2) is 8.38. The van der Waals surface area contributed by atoms with Crippen molar-refractivity contribution in [2.24, 2.45) is 0 Å². The molecule has 9 heteroatoms. The number of carbonyl (C=O) groups is 2. The number of amides is 2. The van der Waals surface area contributed by atoms with Gasteiger partial charge in [-0.05, 0) is 45.0 Å². The number of aromatic nitrogens is 5. The summed E-state index contributed by atoms with van der Waals surface area (Å²) in [6.07, 6.45) is 3.27. The van der Waals surface area contributed by atoms with Gasteiger partial charge in [0.2, 0.25) is 0 Å². The minimum Gasteiger partial charge on any atom is -0.352 e. The first-order valence-corrected chi connectivity index (χ1v) is 8.86. The molecule has 2 heterocycles. The number of hydrogen-bond acceptors (Lipinski definition) is 6. The Kier molecular flexibility index (Phi) is 5.73. The number of benzene rings is 1. The van der Waals surface area contributed by atoms with Crippen molar-refractivity contribution in [2.45, 2.75) is 27.3 Å². The maximum Gasteiger partial charge on any atom is 0.274 e. The van der Waals surface area contributed by atoms with Gasteiger partial charge in [-0.2, -0.15) is 0 Å². The van der Waals surface area contributed by atoms with Crippen LogP contribution in [0.25, 0.3) is 5.69 Å². The molecule has 0 fully saturated rings. The summed E-state index contributed by atoms with van der Waals surface area (Å²) < 4.78 is 1.56. The maximum atomic E-state index is 12.4. The summed E-state index contributed by atoms with van der Waals surface area (Å²) in [6.45, 7) is 6.29. The highest BCUT2D eigenvalue weighted by atomic mass is 16.2. The van der Waals surface area contributed by atoms with Crippen molar-refractivity contribution in [1.29, 1.82) is 0 Å². The van der Waals surface area contributed by atoms with Crippen LogP contribution in [0.1, 0.15) is 44.9 Å². The lowest BCUT2D eigenvalue weighted by Gasteiger charge is -2.06. The van der Waals surface area contributed by atoms with Crippen molar-refractivity contribution in [3.8, 4) is 5.69 Å². The third-order valence-electron chi connectivity index (χ3n) is 4.09. The molecular weight excluding hydrogens is 358 g/mol. The monoisotopic (exact) mass is 379 g/mol. The van der Waals surface area contributed by atoms with Gasteiger partial charge in [-0.15, -0.1) is 5.10 Å². The van der Waals surface area contributed by atoms with Crippen LogP contribution >= 0.6 is 0 Å². The van der Waals surface area contributed by atoms with Crippen molar-refractivity contribution in [3.63, 3.8) is 0 Å². The van der Waals surface area contributed by atoms with E-state index in [2.05, 4.69) is 30.9 Å².